The summed E-state index contributed by atoms with van der Waals surface area (Å²) in [5.74, 6) is 0.191. The number of carboxylic acid groups (broad SMARTS) is 1. The van der Waals surface area contributed by atoms with Crippen molar-refractivity contribution in [3.05, 3.63) is 27.4 Å². The van der Waals surface area contributed by atoms with Crippen LogP contribution in [0.25, 0.3) is 10.9 Å². The number of nitrogens with zero attached hydrogens (tertiary/aromatic N) is 4. The summed E-state index contributed by atoms with van der Waals surface area (Å²) in [5.41, 5.74) is 0.0869. The minimum atomic E-state index is -1.38. The number of fused-ring (bicyclic) bond motifs is 1. The van der Waals surface area contributed by atoms with Crippen LogP contribution in [0.15, 0.2) is 21.8 Å². The molecule has 0 saturated carbocycles. The van der Waals surface area contributed by atoms with E-state index in [1.54, 1.807) is 7.05 Å². The van der Waals surface area contributed by atoms with E-state index in [0.29, 0.717) is 9.99 Å². The van der Waals surface area contributed by atoms with Crippen molar-refractivity contribution in [2.24, 2.45) is 7.05 Å². The average molecular weight is 386 g/mol. The molecule has 0 aliphatic carbocycles. The summed E-state index contributed by atoms with van der Waals surface area (Å²) in [6.45, 7) is -0.228. The standard InChI is InChI=1S/C13H13BrFN5O3/c1-19-5-17-10-6(14)2-16-11(9(10)12(19)21)18-8-4-20(13(22)23)3-7(8)15/h2,5,7-8H,3-4H2,1H3,(H,16,18)(H,22,23)/t7-,8+/m0/s1. The number of rotatable bonds is 2. The van der Waals surface area contributed by atoms with Crippen LogP contribution in [0.3, 0.4) is 0 Å². The molecular weight excluding hydrogens is 373 g/mol. The van der Waals surface area contributed by atoms with Gasteiger partial charge in [0, 0.05) is 19.8 Å². The summed E-state index contributed by atoms with van der Waals surface area (Å²) >= 11 is 3.28. The number of carbonyl (C=O) groups is 1. The third kappa shape index (κ3) is 2.74. The van der Waals surface area contributed by atoms with Crippen LogP contribution in [-0.2, 0) is 7.05 Å². The molecule has 2 atom stereocenters. The highest BCUT2D eigenvalue weighted by Gasteiger charge is 2.36. The van der Waals surface area contributed by atoms with Gasteiger partial charge in [0.2, 0.25) is 0 Å². The fourth-order valence-electron chi connectivity index (χ4n) is 2.52. The Kier molecular flexibility index (Phi) is 3.92. The minimum Gasteiger partial charge on any atom is -0.465 e. The molecule has 0 aromatic carbocycles. The number of alkyl halides is 1. The second kappa shape index (κ2) is 5.76. The molecule has 122 valence electrons. The molecule has 3 rings (SSSR count). The third-order valence-corrected chi connectivity index (χ3v) is 4.32. The Labute approximate surface area is 138 Å². The van der Waals surface area contributed by atoms with Crippen molar-refractivity contribution in [1.82, 2.24) is 19.4 Å². The first-order valence-corrected chi connectivity index (χ1v) is 7.56. The first-order valence-electron chi connectivity index (χ1n) is 6.76. The fraction of sp³-hybridized carbons (Fsp3) is 0.385. The molecule has 2 aromatic rings. The first-order chi connectivity index (χ1) is 10.9. The Morgan fingerprint density at radius 3 is 2.87 bits per heavy atom. The summed E-state index contributed by atoms with van der Waals surface area (Å²) in [6, 6.07) is -0.770. The molecule has 1 amide bonds. The molecule has 0 radical (unpaired) electrons. The SMILES string of the molecule is Cn1cnc2c(Br)cnc(N[C@@H]3CN(C(=O)O)C[C@@H]3F)c2c1=O. The van der Waals surface area contributed by atoms with Gasteiger partial charge in [-0.25, -0.2) is 19.2 Å². The zero-order valence-electron chi connectivity index (χ0n) is 12.0. The van der Waals surface area contributed by atoms with E-state index in [2.05, 4.69) is 31.2 Å². The number of anilines is 1. The van der Waals surface area contributed by atoms with Gasteiger partial charge in [-0.05, 0) is 15.9 Å². The molecule has 0 unspecified atom stereocenters. The van der Waals surface area contributed by atoms with Crippen LogP contribution in [0.5, 0.6) is 0 Å². The number of halogens is 2. The number of hydrogen-bond acceptors (Lipinski definition) is 5. The van der Waals surface area contributed by atoms with Crippen molar-refractivity contribution in [3.63, 3.8) is 0 Å². The summed E-state index contributed by atoms with van der Waals surface area (Å²) in [6.07, 6.45) is 0.294. The average Bonchev–Trinajstić information content (AvgIpc) is 2.87. The highest BCUT2D eigenvalue weighted by molar-refractivity contribution is 9.10. The second-order valence-corrected chi connectivity index (χ2v) is 6.15. The van der Waals surface area contributed by atoms with Crippen LogP contribution < -0.4 is 10.9 Å². The van der Waals surface area contributed by atoms with Gasteiger partial charge in [-0.1, -0.05) is 0 Å². The first kappa shape index (κ1) is 15.7. The maximum atomic E-state index is 14.0. The van der Waals surface area contributed by atoms with Gasteiger partial charge in [-0.3, -0.25) is 4.79 Å². The van der Waals surface area contributed by atoms with Crippen LogP contribution in [0.1, 0.15) is 0 Å². The molecule has 0 bridgehead atoms. The number of pyridine rings is 1. The minimum absolute atomic E-state index is 0.0175. The lowest BCUT2D eigenvalue weighted by molar-refractivity contribution is 0.152. The molecule has 2 aromatic heterocycles. The van der Waals surface area contributed by atoms with Gasteiger partial charge in [0.1, 0.15) is 17.4 Å². The lowest BCUT2D eigenvalue weighted by Crippen LogP contribution is -2.32. The van der Waals surface area contributed by atoms with Gasteiger partial charge in [-0.2, -0.15) is 0 Å². The second-order valence-electron chi connectivity index (χ2n) is 5.29. The normalized spacial score (nSPS) is 20.9. The van der Waals surface area contributed by atoms with E-state index in [1.165, 1.54) is 17.1 Å². The Morgan fingerprint density at radius 1 is 1.48 bits per heavy atom. The summed E-state index contributed by atoms with van der Waals surface area (Å²) in [4.78, 5) is 32.6. The molecule has 1 fully saturated rings. The molecule has 23 heavy (non-hydrogen) atoms. The van der Waals surface area contributed by atoms with Crippen molar-refractivity contribution in [1.29, 1.82) is 0 Å². The number of nitrogens with one attached hydrogen (secondary N) is 1. The molecule has 1 aliphatic rings. The van der Waals surface area contributed by atoms with Crippen molar-refractivity contribution >= 4 is 38.7 Å². The maximum Gasteiger partial charge on any atom is 0.407 e. The number of aromatic nitrogens is 3. The Hall–Kier alpha value is -2.23. The topological polar surface area (TPSA) is 100 Å². The molecule has 8 nitrogen and oxygen atoms in total. The van der Waals surface area contributed by atoms with Gasteiger partial charge >= 0.3 is 6.09 Å². The van der Waals surface area contributed by atoms with E-state index >= 15 is 0 Å². The Bertz CT molecular complexity index is 842. The summed E-state index contributed by atoms with van der Waals surface area (Å²) < 4.78 is 15.9. The van der Waals surface area contributed by atoms with Gasteiger partial charge in [-0.15, -0.1) is 0 Å². The lowest BCUT2D eigenvalue weighted by atomic mass is 10.2. The monoisotopic (exact) mass is 385 g/mol. The highest BCUT2D eigenvalue weighted by Crippen LogP contribution is 2.26. The van der Waals surface area contributed by atoms with Gasteiger partial charge in [0.25, 0.3) is 5.56 Å². The van der Waals surface area contributed by atoms with Gasteiger partial charge < -0.3 is 19.9 Å². The van der Waals surface area contributed by atoms with Crippen LogP contribution in [-0.4, -0.2) is 55.9 Å². The quantitative estimate of drug-likeness (QED) is 0.805. The van der Waals surface area contributed by atoms with E-state index in [4.69, 9.17) is 5.11 Å². The van der Waals surface area contributed by atoms with Crippen LogP contribution in [0.4, 0.5) is 15.0 Å². The van der Waals surface area contributed by atoms with Gasteiger partial charge in [0.15, 0.2) is 0 Å². The van der Waals surface area contributed by atoms with Crippen molar-refractivity contribution in [3.8, 4) is 0 Å². The Balaban J connectivity index is 2.01. The highest BCUT2D eigenvalue weighted by atomic mass is 79.9. The fourth-order valence-corrected chi connectivity index (χ4v) is 2.92. The van der Waals surface area contributed by atoms with E-state index in [0.717, 1.165) is 4.90 Å². The smallest absolute Gasteiger partial charge is 0.407 e. The zero-order chi connectivity index (χ0) is 16.7. The summed E-state index contributed by atoms with van der Waals surface area (Å²) in [7, 11) is 1.55. The third-order valence-electron chi connectivity index (χ3n) is 3.74. The predicted molar refractivity (Wildman–Crippen MR) is 84.4 cm³/mol. The summed E-state index contributed by atoms with van der Waals surface area (Å²) in [5, 5.41) is 12.0. The zero-order valence-corrected chi connectivity index (χ0v) is 13.6. The molecule has 3 heterocycles. The number of amides is 1. The van der Waals surface area contributed by atoms with E-state index in [9.17, 15) is 14.0 Å². The van der Waals surface area contributed by atoms with Crippen molar-refractivity contribution in [2.45, 2.75) is 12.2 Å². The Morgan fingerprint density at radius 2 is 2.22 bits per heavy atom. The van der Waals surface area contributed by atoms with E-state index < -0.39 is 18.3 Å². The van der Waals surface area contributed by atoms with Crippen LogP contribution in [0.2, 0.25) is 0 Å². The lowest BCUT2D eigenvalue weighted by Gasteiger charge is -2.16. The molecule has 2 N–H and O–H groups in total. The molecule has 10 heteroatoms. The number of aryl methyl sites for hydroxylation is 1. The van der Waals surface area contributed by atoms with Crippen molar-refractivity contribution < 1.29 is 14.3 Å². The molecule has 0 spiro atoms. The molecular formula is C13H13BrFN5O3. The predicted octanol–water partition coefficient (Wildman–Crippen LogP) is 1.20. The largest absolute Gasteiger partial charge is 0.465 e. The van der Waals surface area contributed by atoms with Crippen LogP contribution >= 0.6 is 15.9 Å². The number of hydrogen-bond donors (Lipinski definition) is 2. The number of likely N-dealkylation sites (tertiary alicyclic amines) is 1. The van der Waals surface area contributed by atoms with Gasteiger partial charge in [0.05, 0.1) is 28.9 Å². The van der Waals surface area contributed by atoms with E-state index in [-0.39, 0.29) is 29.9 Å². The van der Waals surface area contributed by atoms with Crippen LogP contribution in [0, 0.1) is 0 Å². The van der Waals surface area contributed by atoms with E-state index in [1.807, 2.05) is 0 Å². The molecule has 1 aliphatic heterocycles. The molecule has 1 saturated heterocycles. The van der Waals surface area contributed by atoms with Crippen molar-refractivity contribution in [2.75, 3.05) is 18.4 Å². The maximum absolute atomic E-state index is 14.0.